The van der Waals surface area contributed by atoms with Gasteiger partial charge in [0.15, 0.2) is 5.13 Å². The maximum absolute atomic E-state index is 5.48. The molecule has 0 saturated heterocycles. The first kappa shape index (κ1) is 7.82. The van der Waals surface area contributed by atoms with E-state index < -0.39 is 0 Å². The molecule has 0 bridgehead atoms. The Morgan fingerprint density at radius 3 is 3.20 bits per heavy atom. The first-order valence-corrected chi connectivity index (χ1v) is 4.54. The van der Waals surface area contributed by atoms with Crippen molar-refractivity contribution in [2.24, 2.45) is 0 Å². The zero-order valence-corrected chi connectivity index (χ0v) is 7.08. The Bertz CT molecular complexity index is 164. The zero-order valence-electron chi connectivity index (χ0n) is 5.51. The summed E-state index contributed by atoms with van der Waals surface area (Å²) in [5.74, 6) is 0.707. The van der Waals surface area contributed by atoms with Crippen molar-refractivity contribution in [2.75, 3.05) is 17.7 Å². The van der Waals surface area contributed by atoms with E-state index in [1.165, 1.54) is 0 Å². The molecule has 0 aliphatic rings. The molecule has 0 radical (unpaired) electrons. The number of hydrogen-bond donors (Lipinski definition) is 1. The molecule has 1 aromatic heterocycles. The van der Waals surface area contributed by atoms with Crippen molar-refractivity contribution in [1.29, 1.82) is 0 Å². The Kier molecular flexibility index (Phi) is 3.54. The summed E-state index contributed by atoms with van der Waals surface area (Å²) in [6.07, 6.45) is 2.77. The van der Waals surface area contributed by atoms with Crippen LogP contribution in [0.1, 0.15) is 6.42 Å². The number of thiazole rings is 1. The van der Waals surface area contributed by atoms with Crippen LogP contribution in [0.3, 0.4) is 0 Å². The van der Waals surface area contributed by atoms with Crippen LogP contribution in [0.15, 0.2) is 11.6 Å². The van der Waals surface area contributed by atoms with Crippen LogP contribution in [-0.4, -0.2) is 17.4 Å². The molecular formula is C6H9ClN2S. The summed E-state index contributed by atoms with van der Waals surface area (Å²) in [7, 11) is 0. The van der Waals surface area contributed by atoms with Gasteiger partial charge in [-0.15, -0.1) is 22.9 Å². The summed E-state index contributed by atoms with van der Waals surface area (Å²) >= 11 is 7.09. The number of alkyl halides is 1. The second-order valence-electron chi connectivity index (χ2n) is 1.81. The first-order valence-electron chi connectivity index (χ1n) is 3.13. The molecule has 0 aliphatic carbocycles. The summed E-state index contributed by atoms with van der Waals surface area (Å²) in [6.45, 7) is 0.914. The fourth-order valence-corrected chi connectivity index (χ4v) is 1.26. The lowest BCUT2D eigenvalue weighted by Gasteiger charge is -1.97. The SMILES string of the molecule is ClCCCNc1nccs1. The van der Waals surface area contributed by atoms with E-state index in [2.05, 4.69) is 10.3 Å². The van der Waals surface area contributed by atoms with Crippen molar-refractivity contribution in [3.8, 4) is 0 Å². The fourth-order valence-electron chi connectivity index (χ4n) is 0.573. The molecule has 2 nitrogen and oxygen atoms in total. The van der Waals surface area contributed by atoms with Gasteiger partial charge in [-0.1, -0.05) is 0 Å². The molecule has 0 aliphatic heterocycles. The topological polar surface area (TPSA) is 24.9 Å². The Labute approximate surface area is 69.2 Å². The predicted octanol–water partition coefficient (Wildman–Crippen LogP) is 2.18. The summed E-state index contributed by atoms with van der Waals surface area (Å²) in [6, 6.07) is 0. The zero-order chi connectivity index (χ0) is 7.23. The number of aromatic nitrogens is 1. The molecule has 0 spiro atoms. The van der Waals surface area contributed by atoms with E-state index in [9.17, 15) is 0 Å². The highest BCUT2D eigenvalue weighted by molar-refractivity contribution is 7.13. The Morgan fingerprint density at radius 1 is 1.70 bits per heavy atom. The van der Waals surface area contributed by atoms with E-state index in [1.807, 2.05) is 5.38 Å². The maximum atomic E-state index is 5.48. The lowest BCUT2D eigenvalue weighted by molar-refractivity contribution is 0.983. The van der Waals surface area contributed by atoms with Gasteiger partial charge < -0.3 is 5.32 Å². The first-order chi connectivity index (χ1) is 4.93. The molecule has 1 rings (SSSR count). The number of nitrogens with zero attached hydrogens (tertiary/aromatic N) is 1. The largest absolute Gasteiger partial charge is 0.361 e. The average molecular weight is 177 g/mol. The number of rotatable bonds is 4. The van der Waals surface area contributed by atoms with Crippen molar-refractivity contribution in [3.63, 3.8) is 0 Å². The Morgan fingerprint density at radius 2 is 2.60 bits per heavy atom. The fraction of sp³-hybridized carbons (Fsp3) is 0.500. The Balaban J connectivity index is 2.15. The van der Waals surface area contributed by atoms with Crippen LogP contribution in [-0.2, 0) is 0 Å². The van der Waals surface area contributed by atoms with E-state index >= 15 is 0 Å². The van der Waals surface area contributed by atoms with Crippen LogP contribution < -0.4 is 5.32 Å². The highest BCUT2D eigenvalue weighted by atomic mass is 35.5. The molecule has 1 heterocycles. The standard InChI is InChI=1S/C6H9ClN2S/c7-2-1-3-8-6-9-4-5-10-6/h4-5H,1-3H2,(H,8,9). The molecular weight excluding hydrogens is 168 g/mol. The molecule has 0 fully saturated rings. The van der Waals surface area contributed by atoms with E-state index in [4.69, 9.17) is 11.6 Å². The minimum Gasteiger partial charge on any atom is -0.361 e. The van der Waals surface area contributed by atoms with Gasteiger partial charge in [0.05, 0.1) is 0 Å². The van der Waals surface area contributed by atoms with Gasteiger partial charge >= 0.3 is 0 Å². The van der Waals surface area contributed by atoms with Gasteiger partial charge in [0.25, 0.3) is 0 Å². The number of anilines is 1. The van der Waals surface area contributed by atoms with Gasteiger partial charge in [-0.25, -0.2) is 4.98 Å². The molecule has 0 atom stereocenters. The number of halogens is 1. The van der Waals surface area contributed by atoms with E-state index in [-0.39, 0.29) is 0 Å². The van der Waals surface area contributed by atoms with Crippen LogP contribution in [0.4, 0.5) is 5.13 Å². The van der Waals surface area contributed by atoms with Crippen LogP contribution in [0.25, 0.3) is 0 Å². The Hall–Kier alpha value is -0.280. The third-order valence-corrected chi connectivity index (χ3v) is 2.02. The van der Waals surface area contributed by atoms with Gasteiger partial charge in [-0.3, -0.25) is 0 Å². The molecule has 0 unspecified atom stereocenters. The van der Waals surface area contributed by atoms with Gasteiger partial charge in [0, 0.05) is 24.0 Å². The molecule has 1 aromatic rings. The van der Waals surface area contributed by atoms with Crippen LogP contribution >= 0.6 is 22.9 Å². The number of nitrogens with one attached hydrogen (secondary N) is 1. The van der Waals surface area contributed by atoms with Crippen LogP contribution in [0, 0.1) is 0 Å². The lowest BCUT2D eigenvalue weighted by atomic mass is 10.5. The third kappa shape index (κ3) is 2.54. The smallest absolute Gasteiger partial charge is 0.182 e. The van der Waals surface area contributed by atoms with Crippen LogP contribution in [0.2, 0.25) is 0 Å². The molecule has 10 heavy (non-hydrogen) atoms. The van der Waals surface area contributed by atoms with E-state index in [0.29, 0.717) is 5.88 Å². The highest BCUT2D eigenvalue weighted by Crippen LogP contribution is 2.09. The van der Waals surface area contributed by atoms with E-state index in [0.717, 1.165) is 18.1 Å². The summed E-state index contributed by atoms with van der Waals surface area (Å²) in [4.78, 5) is 4.05. The second-order valence-corrected chi connectivity index (χ2v) is 3.08. The minimum atomic E-state index is 0.707. The summed E-state index contributed by atoms with van der Waals surface area (Å²) < 4.78 is 0. The van der Waals surface area contributed by atoms with E-state index in [1.54, 1.807) is 17.5 Å². The molecule has 4 heteroatoms. The normalized spacial score (nSPS) is 9.70. The molecule has 1 N–H and O–H groups in total. The molecule has 56 valence electrons. The number of hydrogen-bond acceptors (Lipinski definition) is 3. The monoisotopic (exact) mass is 176 g/mol. The third-order valence-electron chi connectivity index (χ3n) is 1.02. The van der Waals surface area contributed by atoms with Crippen molar-refractivity contribution in [3.05, 3.63) is 11.6 Å². The van der Waals surface area contributed by atoms with Gasteiger partial charge in [0.2, 0.25) is 0 Å². The van der Waals surface area contributed by atoms with Gasteiger partial charge in [-0.05, 0) is 6.42 Å². The van der Waals surface area contributed by atoms with Crippen molar-refractivity contribution >= 4 is 28.1 Å². The summed E-state index contributed by atoms with van der Waals surface area (Å²) in [5.41, 5.74) is 0. The highest BCUT2D eigenvalue weighted by Gasteiger charge is 1.90. The molecule has 0 amide bonds. The van der Waals surface area contributed by atoms with Crippen LogP contribution in [0.5, 0.6) is 0 Å². The second kappa shape index (κ2) is 4.52. The molecule has 0 aromatic carbocycles. The van der Waals surface area contributed by atoms with Crippen molar-refractivity contribution < 1.29 is 0 Å². The van der Waals surface area contributed by atoms with Crippen molar-refractivity contribution in [1.82, 2.24) is 4.98 Å². The van der Waals surface area contributed by atoms with Gasteiger partial charge in [-0.2, -0.15) is 0 Å². The predicted molar refractivity (Wildman–Crippen MR) is 45.9 cm³/mol. The van der Waals surface area contributed by atoms with Crippen molar-refractivity contribution in [2.45, 2.75) is 6.42 Å². The minimum absolute atomic E-state index is 0.707. The quantitative estimate of drug-likeness (QED) is 0.562. The maximum Gasteiger partial charge on any atom is 0.182 e. The average Bonchev–Trinajstić information content (AvgIpc) is 2.41. The lowest BCUT2D eigenvalue weighted by Crippen LogP contribution is -2.00. The summed E-state index contributed by atoms with van der Waals surface area (Å²) in [5, 5.41) is 6.07. The van der Waals surface area contributed by atoms with Gasteiger partial charge in [0.1, 0.15) is 0 Å². The molecule has 0 saturated carbocycles.